The molecule has 3 unspecified atom stereocenters. The predicted octanol–water partition coefficient (Wildman–Crippen LogP) is 3.68. The van der Waals surface area contributed by atoms with Crippen LogP contribution in [0.4, 0.5) is 0 Å². The number of hydrogen-bond donors (Lipinski definition) is 0. The molecule has 3 aliphatic heterocycles. The Labute approximate surface area is 157 Å². The molecule has 22 heavy (non-hydrogen) atoms. The van der Waals surface area contributed by atoms with E-state index in [0.717, 1.165) is 11.4 Å². The smallest absolute Gasteiger partial charge is 0.0145 e. The van der Waals surface area contributed by atoms with E-state index >= 15 is 0 Å². The molecular formula is C19H21N2Y-. The molecule has 3 aliphatic rings. The Morgan fingerprint density at radius 2 is 2.14 bits per heavy atom. The van der Waals surface area contributed by atoms with Gasteiger partial charge in [0.25, 0.3) is 0 Å². The Bertz CT molecular complexity index is 664. The molecule has 4 heterocycles. The maximum atomic E-state index is 4.46. The van der Waals surface area contributed by atoms with Crippen molar-refractivity contribution in [2.24, 2.45) is 11.8 Å². The third kappa shape index (κ3) is 2.89. The first kappa shape index (κ1) is 16.2. The van der Waals surface area contributed by atoms with E-state index in [-0.39, 0.29) is 32.7 Å². The topological polar surface area (TPSA) is 16.1 Å². The van der Waals surface area contributed by atoms with E-state index in [0.29, 0.717) is 12.0 Å². The molecule has 111 valence electrons. The minimum atomic E-state index is 0. The first-order valence-corrected chi connectivity index (χ1v) is 7.90. The van der Waals surface area contributed by atoms with Crippen LogP contribution in [0.3, 0.4) is 0 Å². The predicted molar refractivity (Wildman–Crippen MR) is 86.9 cm³/mol. The van der Waals surface area contributed by atoms with Crippen molar-refractivity contribution in [3.63, 3.8) is 0 Å². The Balaban J connectivity index is 0.00000144. The number of para-hydroxylation sites is 1. The third-order valence-electron chi connectivity index (χ3n) is 5.21. The van der Waals surface area contributed by atoms with Crippen LogP contribution in [-0.2, 0) is 32.7 Å². The van der Waals surface area contributed by atoms with Crippen LogP contribution in [0, 0.1) is 18.3 Å². The van der Waals surface area contributed by atoms with E-state index in [1.807, 2.05) is 6.20 Å². The maximum Gasteiger partial charge on any atom is 0.0145 e. The van der Waals surface area contributed by atoms with Crippen LogP contribution in [0.15, 0.2) is 49.2 Å². The molecule has 3 saturated heterocycles. The molecule has 0 N–H and O–H groups in total. The summed E-state index contributed by atoms with van der Waals surface area (Å²) in [4.78, 5) is 7.09. The molecule has 3 fully saturated rings. The van der Waals surface area contributed by atoms with Crippen LogP contribution < -0.4 is 0 Å². The van der Waals surface area contributed by atoms with Gasteiger partial charge >= 0.3 is 0 Å². The van der Waals surface area contributed by atoms with Gasteiger partial charge in [0.15, 0.2) is 0 Å². The normalized spacial score (nSPS) is 29.8. The van der Waals surface area contributed by atoms with Gasteiger partial charge in [0.05, 0.1) is 0 Å². The zero-order valence-corrected chi connectivity index (χ0v) is 15.7. The van der Waals surface area contributed by atoms with Gasteiger partial charge in [-0.3, -0.25) is 4.98 Å². The van der Waals surface area contributed by atoms with Crippen molar-refractivity contribution in [2.75, 3.05) is 13.1 Å². The summed E-state index contributed by atoms with van der Waals surface area (Å²) in [6, 6.07) is 11.1. The molecule has 2 nitrogen and oxygen atoms in total. The minimum absolute atomic E-state index is 0. The van der Waals surface area contributed by atoms with Crippen molar-refractivity contribution in [3.8, 4) is 0 Å². The van der Waals surface area contributed by atoms with Crippen molar-refractivity contribution >= 4 is 10.9 Å². The Hall–Kier alpha value is -0.696. The summed E-state index contributed by atoms with van der Waals surface area (Å²) >= 11 is 0. The van der Waals surface area contributed by atoms with Crippen LogP contribution in [0.5, 0.6) is 0 Å². The zero-order chi connectivity index (χ0) is 14.2. The SMILES string of the molecule is C=CC1CN2CCC1C[C@@H]2[CH-]c1ccnc2ccccc12.[Y]. The average Bonchev–Trinajstić information content (AvgIpc) is 2.56. The maximum absolute atomic E-state index is 4.46. The number of nitrogens with zero attached hydrogens (tertiary/aromatic N) is 2. The van der Waals surface area contributed by atoms with E-state index < -0.39 is 0 Å². The van der Waals surface area contributed by atoms with Gasteiger partial charge in [-0.15, -0.1) is 24.1 Å². The quantitative estimate of drug-likeness (QED) is 0.609. The van der Waals surface area contributed by atoms with E-state index in [1.165, 1.54) is 36.9 Å². The summed E-state index contributed by atoms with van der Waals surface area (Å²) in [6.07, 6.45) is 9.15. The van der Waals surface area contributed by atoms with E-state index in [4.69, 9.17) is 0 Å². The Morgan fingerprint density at radius 3 is 2.91 bits per heavy atom. The van der Waals surface area contributed by atoms with Crippen molar-refractivity contribution in [1.82, 2.24) is 9.88 Å². The van der Waals surface area contributed by atoms with Gasteiger partial charge in [0, 0.05) is 44.8 Å². The molecule has 0 spiro atoms. The van der Waals surface area contributed by atoms with Crippen molar-refractivity contribution in [3.05, 3.63) is 61.2 Å². The number of benzene rings is 1. The summed E-state index contributed by atoms with van der Waals surface area (Å²) < 4.78 is 0. The second kappa shape index (κ2) is 6.82. The number of hydrogen-bond acceptors (Lipinski definition) is 2. The molecule has 1 aromatic heterocycles. The standard InChI is InChI=1S/C19H21N2.Y/c1-2-14-13-21-10-8-15(14)11-17(21)12-16-7-9-20-19-6-4-3-5-18(16)19;/h2-7,9,12,14-15,17H,1,8,10-11,13H2;/q-1;/t14?,15?,17-;/m1./s1. The van der Waals surface area contributed by atoms with Gasteiger partial charge in [0.1, 0.15) is 0 Å². The van der Waals surface area contributed by atoms with Gasteiger partial charge in [-0.05, 0) is 49.5 Å². The van der Waals surface area contributed by atoms with Crippen molar-refractivity contribution < 1.29 is 32.7 Å². The molecule has 5 rings (SSSR count). The Kier molecular flexibility index (Phi) is 5.01. The number of aromatic nitrogens is 1. The molecule has 1 aromatic carbocycles. The fourth-order valence-corrected chi connectivity index (χ4v) is 4.02. The van der Waals surface area contributed by atoms with Crippen LogP contribution >= 0.6 is 0 Å². The number of rotatable bonds is 3. The van der Waals surface area contributed by atoms with Crippen LogP contribution in [0.1, 0.15) is 18.4 Å². The number of fused-ring (bicyclic) bond motifs is 4. The minimum Gasteiger partial charge on any atom is -0.307 e. The van der Waals surface area contributed by atoms with Gasteiger partial charge in [0.2, 0.25) is 0 Å². The molecule has 4 atom stereocenters. The van der Waals surface area contributed by atoms with E-state index in [9.17, 15) is 0 Å². The van der Waals surface area contributed by atoms with Gasteiger partial charge < -0.3 is 4.90 Å². The molecule has 1 radical (unpaired) electrons. The summed E-state index contributed by atoms with van der Waals surface area (Å²) in [5, 5.41) is 1.27. The summed E-state index contributed by atoms with van der Waals surface area (Å²) in [5.74, 6) is 1.51. The second-order valence-electron chi connectivity index (χ2n) is 6.33. The first-order valence-electron chi connectivity index (χ1n) is 7.90. The largest absolute Gasteiger partial charge is 0.307 e. The van der Waals surface area contributed by atoms with E-state index in [1.54, 1.807) is 0 Å². The molecule has 3 heteroatoms. The van der Waals surface area contributed by atoms with Crippen LogP contribution in [0.25, 0.3) is 10.9 Å². The molecule has 2 aromatic rings. The van der Waals surface area contributed by atoms with Crippen LogP contribution in [-0.4, -0.2) is 29.0 Å². The molecule has 0 amide bonds. The zero-order valence-electron chi connectivity index (χ0n) is 12.9. The first-order chi connectivity index (χ1) is 10.3. The third-order valence-corrected chi connectivity index (χ3v) is 5.21. The summed E-state index contributed by atoms with van der Waals surface area (Å²) in [5.41, 5.74) is 2.42. The Morgan fingerprint density at radius 1 is 1.27 bits per heavy atom. The second-order valence-corrected chi connectivity index (χ2v) is 6.33. The average molecular weight is 366 g/mol. The molecule has 0 saturated carbocycles. The van der Waals surface area contributed by atoms with Crippen molar-refractivity contribution in [2.45, 2.75) is 18.9 Å². The summed E-state index contributed by atoms with van der Waals surface area (Å²) in [6.45, 7) is 6.42. The molecule has 0 aliphatic carbocycles. The van der Waals surface area contributed by atoms with Gasteiger partial charge in [-0.25, -0.2) is 0 Å². The fourth-order valence-electron chi connectivity index (χ4n) is 4.02. The van der Waals surface area contributed by atoms with Crippen molar-refractivity contribution in [1.29, 1.82) is 0 Å². The summed E-state index contributed by atoms with van der Waals surface area (Å²) in [7, 11) is 0. The number of piperidine rings is 3. The van der Waals surface area contributed by atoms with Gasteiger partial charge in [-0.1, -0.05) is 18.2 Å². The monoisotopic (exact) mass is 366 g/mol. The fraction of sp³-hybridized carbons (Fsp3) is 0.368. The number of pyridine rings is 1. The van der Waals surface area contributed by atoms with Gasteiger partial charge in [-0.2, -0.15) is 12.0 Å². The molecule has 2 bridgehead atoms. The molecular weight excluding hydrogens is 345 g/mol. The van der Waals surface area contributed by atoms with Crippen LogP contribution in [0.2, 0.25) is 0 Å². The van der Waals surface area contributed by atoms with E-state index in [2.05, 4.69) is 59.3 Å².